The van der Waals surface area contributed by atoms with Crippen molar-refractivity contribution < 1.29 is 14.3 Å². The van der Waals surface area contributed by atoms with Crippen LogP contribution in [0.15, 0.2) is 48.5 Å². The predicted octanol–water partition coefficient (Wildman–Crippen LogP) is 4.58. The lowest BCUT2D eigenvalue weighted by molar-refractivity contribution is 0.0946. The van der Waals surface area contributed by atoms with Crippen molar-refractivity contribution in [2.24, 2.45) is 0 Å². The summed E-state index contributed by atoms with van der Waals surface area (Å²) in [5, 5.41) is 13.1. The van der Waals surface area contributed by atoms with Crippen LogP contribution in [0.5, 0.6) is 0 Å². The molecule has 1 amide bonds. The Balaban J connectivity index is 1.86. The Hall–Kier alpha value is -2.76. The summed E-state index contributed by atoms with van der Waals surface area (Å²) in [6.45, 7) is 3.77. The molecule has 4 nitrogen and oxygen atoms in total. The average molecular weight is 399 g/mol. The summed E-state index contributed by atoms with van der Waals surface area (Å²) in [7, 11) is 0. The largest absolute Gasteiger partial charge is 0.392 e. The Labute approximate surface area is 168 Å². The number of nitrogens with one attached hydrogen (secondary N) is 1. The summed E-state index contributed by atoms with van der Waals surface area (Å²) in [6.07, 6.45) is 0. The maximum absolute atomic E-state index is 13.4. The van der Waals surface area contributed by atoms with Gasteiger partial charge in [-0.15, -0.1) is 0 Å². The second-order valence-corrected chi connectivity index (χ2v) is 7.04. The minimum absolute atomic E-state index is 0.191. The van der Waals surface area contributed by atoms with Crippen LogP contribution >= 0.6 is 11.6 Å². The maximum Gasteiger partial charge on any atom is 0.270 e. The molecular formula is C22H20ClFN2O2. The summed E-state index contributed by atoms with van der Waals surface area (Å²) in [5.41, 5.74) is 4.52. The lowest BCUT2D eigenvalue weighted by Gasteiger charge is -2.11. The Morgan fingerprint density at radius 3 is 2.54 bits per heavy atom. The number of rotatable bonds is 5. The van der Waals surface area contributed by atoms with Crippen LogP contribution in [0, 0.1) is 19.7 Å². The SMILES string of the molecule is Cc1cc(CNC(=O)c2cc(CO)cc(-c3ccc(F)cc3C)n2)ccc1Cl. The summed E-state index contributed by atoms with van der Waals surface area (Å²) in [5.74, 6) is -0.695. The molecule has 0 saturated carbocycles. The molecule has 3 rings (SSSR count). The minimum Gasteiger partial charge on any atom is -0.392 e. The molecule has 3 aromatic rings. The van der Waals surface area contributed by atoms with Gasteiger partial charge in [-0.3, -0.25) is 4.79 Å². The van der Waals surface area contributed by atoms with Crippen LogP contribution < -0.4 is 5.32 Å². The number of aliphatic hydroxyl groups is 1. The van der Waals surface area contributed by atoms with Crippen molar-refractivity contribution in [1.82, 2.24) is 10.3 Å². The quantitative estimate of drug-likeness (QED) is 0.661. The van der Waals surface area contributed by atoms with Crippen molar-refractivity contribution in [3.8, 4) is 11.3 Å². The molecule has 0 fully saturated rings. The zero-order valence-electron chi connectivity index (χ0n) is 15.6. The smallest absolute Gasteiger partial charge is 0.270 e. The molecule has 0 aliphatic carbocycles. The standard InChI is InChI=1S/C22H20ClFN2O2/c1-13-8-17(24)4-5-18(13)20-9-16(12-27)10-21(26-20)22(28)25-11-15-3-6-19(23)14(2)7-15/h3-10,27H,11-12H2,1-2H3,(H,25,28). The van der Waals surface area contributed by atoms with Gasteiger partial charge in [-0.25, -0.2) is 9.37 Å². The van der Waals surface area contributed by atoms with Crippen LogP contribution in [0.4, 0.5) is 4.39 Å². The van der Waals surface area contributed by atoms with E-state index >= 15 is 0 Å². The molecule has 0 saturated heterocycles. The predicted molar refractivity (Wildman–Crippen MR) is 108 cm³/mol. The molecule has 0 spiro atoms. The van der Waals surface area contributed by atoms with Gasteiger partial charge in [0.25, 0.3) is 5.91 Å². The molecule has 2 aromatic carbocycles. The third-order valence-corrected chi connectivity index (χ3v) is 4.86. The van der Waals surface area contributed by atoms with Crippen LogP contribution in [0.25, 0.3) is 11.3 Å². The lowest BCUT2D eigenvalue weighted by atomic mass is 10.0. The van der Waals surface area contributed by atoms with E-state index in [0.29, 0.717) is 34.0 Å². The fourth-order valence-electron chi connectivity index (χ4n) is 2.94. The van der Waals surface area contributed by atoms with Crippen LogP contribution in [0.2, 0.25) is 5.02 Å². The van der Waals surface area contributed by atoms with Gasteiger partial charge in [0.1, 0.15) is 11.5 Å². The molecule has 1 heterocycles. The molecule has 0 aliphatic heterocycles. The number of pyridine rings is 1. The zero-order chi connectivity index (χ0) is 20.3. The summed E-state index contributed by atoms with van der Waals surface area (Å²) < 4.78 is 13.4. The van der Waals surface area contributed by atoms with Gasteiger partial charge in [-0.05, 0) is 72.5 Å². The highest BCUT2D eigenvalue weighted by atomic mass is 35.5. The van der Waals surface area contributed by atoms with Crippen molar-refractivity contribution in [2.45, 2.75) is 27.0 Å². The molecule has 28 heavy (non-hydrogen) atoms. The molecule has 0 bridgehead atoms. The highest BCUT2D eigenvalue weighted by molar-refractivity contribution is 6.31. The summed E-state index contributed by atoms with van der Waals surface area (Å²) >= 11 is 6.03. The van der Waals surface area contributed by atoms with Gasteiger partial charge in [-0.1, -0.05) is 23.7 Å². The second-order valence-electron chi connectivity index (χ2n) is 6.63. The van der Waals surface area contributed by atoms with E-state index in [1.165, 1.54) is 12.1 Å². The third-order valence-electron chi connectivity index (χ3n) is 4.44. The minimum atomic E-state index is -0.357. The van der Waals surface area contributed by atoms with Gasteiger partial charge >= 0.3 is 0 Å². The van der Waals surface area contributed by atoms with E-state index in [9.17, 15) is 14.3 Å². The van der Waals surface area contributed by atoms with Crippen molar-refractivity contribution >= 4 is 17.5 Å². The van der Waals surface area contributed by atoms with Crippen molar-refractivity contribution in [2.75, 3.05) is 0 Å². The van der Waals surface area contributed by atoms with Gasteiger partial charge < -0.3 is 10.4 Å². The first-order valence-corrected chi connectivity index (χ1v) is 9.16. The summed E-state index contributed by atoms with van der Waals surface area (Å²) in [4.78, 5) is 17.0. The van der Waals surface area contributed by atoms with Crippen molar-refractivity contribution in [1.29, 1.82) is 0 Å². The topological polar surface area (TPSA) is 62.2 Å². The molecule has 0 radical (unpaired) electrons. The van der Waals surface area contributed by atoms with Gasteiger partial charge in [-0.2, -0.15) is 0 Å². The number of hydrogen-bond donors (Lipinski definition) is 2. The van der Waals surface area contributed by atoms with Crippen LogP contribution in [-0.2, 0) is 13.2 Å². The van der Waals surface area contributed by atoms with E-state index in [2.05, 4.69) is 10.3 Å². The lowest BCUT2D eigenvalue weighted by Crippen LogP contribution is -2.24. The molecule has 1 aromatic heterocycles. The third kappa shape index (κ3) is 4.55. The van der Waals surface area contributed by atoms with E-state index in [-0.39, 0.29) is 24.0 Å². The number of hydrogen-bond acceptors (Lipinski definition) is 3. The Kier molecular flexibility index (Phi) is 6.07. The number of halogens is 2. The number of benzene rings is 2. The maximum atomic E-state index is 13.4. The van der Waals surface area contributed by atoms with Crippen molar-refractivity contribution in [3.63, 3.8) is 0 Å². The zero-order valence-corrected chi connectivity index (χ0v) is 16.3. The highest BCUT2D eigenvalue weighted by Crippen LogP contribution is 2.24. The molecule has 0 atom stereocenters. The molecule has 0 aliphatic rings. The normalized spacial score (nSPS) is 10.8. The number of carbonyl (C=O) groups is 1. The number of aryl methyl sites for hydroxylation is 2. The van der Waals surface area contributed by atoms with Gasteiger partial charge in [0.15, 0.2) is 0 Å². The Morgan fingerprint density at radius 2 is 1.86 bits per heavy atom. The van der Waals surface area contributed by atoms with E-state index in [0.717, 1.165) is 11.1 Å². The first kappa shape index (κ1) is 20.0. The van der Waals surface area contributed by atoms with Crippen LogP contribution in [-0.4, -0.2) is 16.0 Å². The number of nitrogens with zero attached hydrogens (tertiary/aromatic N) is 1. The summed E-state index contributed by atoms with van der Waals surface area (Å²) in [6, 6.07) is 13.2. The molecular weight excluding hydrogens is 379 g/mol. The Morgan fingerprint density at radius 1 is 1.07 bits per heavy atom. The monoisotopic (exact) mass is 398 g/mol. The number of aliphatic hydroxyl groups excluding tert-OH is 1. The Bertz CT molecular complexity index is 1040. The highest BCUT2D eigenvalue weighted by Gasteiger charge is 2.13. The van der Waals surface area contributed by atoms with E-state index < -0.39 is 0 Å². The van der Waals surface area contributed by atoms with Crippen LogP contribution in [0.1, 0.15) is 32.7 Å². The fourth-order valence-corrected chi connectivity index (χ4v) is 3.05. The fraction of sp³-hybridized carbons (Fsp3) is 0.182. The van der Waals surface area contributed by atoms with Crippen LogP contribution in [0.3, 0.4) is 0 Å². The van der Waals surface area contributed by atoms with E-state index in [1.54, 1.807) is 31.2 Å². The number of aromatic nitrogens is 1. The van der Waals surface area contributed by atoms with Gasteiger partial charge in [0.2, 0.25) is 0 Å². The molecule has 144 valence electrons. The molecule has 2 N–H and O–H groups in total. The first-order chi connectivity index (χ1) is 13.4. The van der Waals surface area contributed by atoms with Gasteiger partial charge in [0.05, 0.1) is 12.3 Å². The van der Waals surface area contributed by atoms with E-state index in [1.807, 2.05) is 19.1 Å². The van der Waals surface area contributed by atoms with E-state index in [4.69, 9.17) is 11.6 Å². The number of carbonyl (C=O) groups excluding carboxylic acids is 1. The van der Waals surface area contributed by atoms with Crippen molar-refractivity contribution in [3.05, 3.63) is 87.3 Å². The molecule has 0 unspecified atom stereocenters. The van der Waals surface area contributed by atoms with Gasteiger partial charge in [0, 0.05) is 17.1 Å². The number of amides is 1. The molecule has 6 heteroatoms. The average Bonchev–Trinajstić information content (AvgIpc) is 2.68. The first-order valence-electron chi connectivity index (χ1n) is 8.79. The second kappa shape index (κ2) is 8.50.